The fourth-order valence-electron chi connectivity index (χ4n) is 4.17. The summed E-state index contributed by atoms with van der Waals surface area (Å²) in [7, 11) is 1.65. The van der Waals surface area contributed by atoms with E-state index in [4.69, 9.17) is 4.74 Å². The van der Waals surface area contributed by atoms with Gasteiger partial charge in [-0.1, -0.05) is 18.6 Å². The van der Waals surface area contributed by atoms with Crippen LogP contribution < -0.4 is 10.1 Å². The highest BCUT2D eigenvalue weighted by atomic mass is 16.5. The lowest BCUT2D eigenvalue weighted by molar-refractivity contribution is -0.117. The van der Waals surface area contributed by atoms with E-state index in [9.17, 15) is 4.79 Å². The number of hydrogen-bond acceptors (Lipinski definition) is 2. The Morgan fingerprint density at radius 3 is 2.64 bits per heavy atom. The number of carbonyl (C=O) groups is 1. The molecular weight excluding hydrogens is 274 g/mol. The minimum absolute atomic E-state index is 0.00564. The second-order valence-electron chi connectivity index (χ2n) is 6.74. The lowest BCUT2D eigenvalue weighted by atomic mass is 9.84. The smallest absolute Gasteiger partial charge is 0.244 e. The molecule has 22 heavy (non-hydrogen) atoms. The molecule has 1 amide bonds. The van der Waals surface area contributed by atoms with Crippen molar-refractivity contribution in [1.82, 2.24) is 5.32 Å². The summed E-state index contributed by atoms with van der Waals surface area (Å²) in [5.74, 6) is 3.27. The molecule has 118 valence electrons. The fourth-order valence-corrected chi connectivity index (χ4v) is 4.17. The zero-order valence-electron chi connectivity index (χ0n) is 13.4. The van der Waals surface area contributed by atoms with Crippen LogP contribution in [0.2, 0.25) is 0 Å². The number of ether oxygens (including phenoxy) is 1. The van der Waals surface area contributed by atoms with Crippen LogP contribution in [0.25, 0.3) is 6.08 Å². The lowest BCUT2D eigenvalue weighted by Gasteiger charge is -2.28. The highest BCUT2D eigenvalue weighted by molar-refractivity contribution is 5.91. The Hall–Kier alpha value is -1.77. The van der Waals surface area contributed by atoms with E-state index < -0.39 is 0 Å². The van der Waals surface area contributed by atoms with Crippen molar-refractivity contribution in [3.63, 3.8) is 0 Å². The molecule has 2 aliphatic carbocycles. The number of methoxy groups -OCH3 is 1. The summed E-state index contributed by atoms with van der Waals surface area (Å²) in [6, 6.07) is 7.97. The maximum atomic E-state index is 12.1. The number of nitrogens with one attached hydrogen (secondary N) is 1. The zero-order chi connectivity index (χ0) is 15.5. The van der Waals surface area contributed by atoms with Gasteiger partial charge in [0.2, 0.25) is 5.91 Å². The fraction of sp³-hybridized carbons (Fsp3) is 0.526. The first-order valence-corrected chi connectivity index (χ1v) is 8.28. The van der Waals surface area contributed by atoms with Crippen molar-refractivity contribution in [1.29, 1.82) is 0 Å². The summed E-state index contributed by atoms with van der Waals surface area (Å²) < 4.78 is 5.13. The third-order valence-electron chi connectivity index (χ3n) is 5.35. The Labute approximate surface area is 132 Å². The van der Waals surface area contributed by atoms with Crippen LogP contribution in [-0.2, 0) is 4.79 Å². The Morgan fingerprint density at radius 1 is 1.27 bits per heavy atom. The van der Waals surface area contributed by atoms with Crippen LogP contribution in [0, 0.1) is 17.8 Å². The molecule has 2 fully saturated rings. The largest absolute Gasteiger partial charge is 0.497 e. The van der Waals surface area contributed by atoms with Gasteiger partial charge in [-0.25, -0.2) is 0 Å². The van der Waals surface area contributed by atoms with Gasteiger partial charge in [0.25, 0.3) is 0 Å². The van der Waals surface area contributed by atoms with E-state index in [2.05, 4.69) is 12.2 Å². The molecule has 3 nitrogen and oxygen atoms in total. The quantitative estimate of drug-likeness (QED) is 0.843. The molecule has 3 heteroatoms. The third-order valence-corrected chi connectivity index (χ3v) is 5.35. The maximum absolute atomic E-state index is 12.1. The average Bonchev–Trinajstić information content (AvgIpc) is 3.16. The van der Waals surface area contributed by atoms with Crippen LogP contribution >= 0.6 is 0 Å². The predicted octanol–water partition coefficient (Wildman–Crippen LogP) is 3.65. The van der Waals surface area contributed by atoms with E-state index in [1.54, 1.807) is 13.2 Å². The summed E-state index contributed by atoms with van der Waals surface area (Å²) in [5, 5.41) is 3.15. The van der Waals surface area contributed by atoms with Gasteiger partial charge in [0.05, 0.1) is 7.11 Å². The molecular formula is C19H25NO2. The average molecular weight is 299 g/mol. The Kier molecular flexibility index (Phi) is 4.51. The Morgan fingerprint density at radius 2 is 2.05 bits per heavy atom. The number of carbonyl (C=O) groups excluding carboxylic acids is 1. The molecule has 0 aromatic heterocycles. The van der Waals surface area contributed by atoms with Crippen molar-refractivity contribution < 1.29 is 9.53 Å². The van der Waals surface area contributed by atoms with Crippen molar-refractivity contribution in [2.24, 2.45) is 17.8 Å². The molecule has 2 saturated carbocycles. The molecule has 1 aromatic carbocycles. The van der Waals surface area contributed by atoms with E-state index in [-0.39, 0.29) is 11.9 Å². The molecule has 0 aliphatic heterocycles. The molecule has 3 rings (SSSR count). The summed E-state index contributed by atoms with van der Waals surface area (Å²) >= 11 is 0. The van der Waals surface area contributed by atoms with Crippen LogP contribution in [0.5, 0.6) is 5.75 Å². The molecule has 0 radical (unpaired) electrons. The molecule has 1 aromatic rings. The summed E-state index contributed by atoms with van der Waals surface area (Å²) in [6.07, 6.45) is 8.92. The lowest BCUT2D eigenvalue weighted by Crippen LogP contribution is -2.39. The molecule has 0 heterocycles. The highest BCUT2D eigenvalue weighted by Crippen LogP contribution is 2.49. The van der Waals surface area contributed by atoms with Crippen LogP contribution in [-0.4, -0.2) is 19.1 Å². The van der Waals surface area contributed by atoms with Crippen LogP contribution in [0.15, 0.2) is 30.3 Å². The summed E-state index contributed by atoms with van der Waals surface area (Å²) in [5.41, 5.74) is 1.00. The molecule has 2 aliphatic rings. The standard InChI is InChI=1S/C19H25NO2/c1-13(18-12-15-3-7-16(18)11-15)20-19(21)10-6-14-4-8-17(22-2)9-5-14/h4-6,8-10,13,15-16,18H,3,7,11-12H2,1-2H3,(H,20,21)/b10-6+/t13-,15-,16+,18-/m1/s1. The number of amides is 1. The minimum Gasteiger partial charge on any atom is -0.497 e. The van der Waals surface area contributed by atoms with Crippen molar-refractivity contribution in [2.75, 3.05) is 7.11 Å². The Bertz CT molecular complexity index is 549. The highest BCUT2D eigenvalue weighted by Gasteiger charge is 2.41. The molecule has 4 atom stereocenters. The number of fused-ring (bicyclic) bond motifs is 2. The minimum atomic E-state index is 0.00564. The van der Waals surface area contributed by atoms with Crippen molar-refractivity contribution >= 4 is 12.0 Å². The Balaban J connectivity index is 1.52. The van der Waals surface area contributed by atoms with Gasteiger partial charge in [0.1, 0.15) is 5.75 Å². The van der Waals surface area contributed by atoms with Crippen LogP contribution in [0.1, 0.15) is 38.2 Å². The molecule has 1 N–H and O–H groups in total. The molecule has 2 bridgehead atoms. The number of rotatable bonds is 5. The SMILES string of the molecule is COc1ccc(/C=C/C(=O)N[C@H](C)[C@H]2C[C@@H]3CC[C@H]2C3)cc1. The van der Waals surface area contributed by atoms with E-state index in [1.807, 2.05) is 30.3 Å². The van der Waals surface area contributed by atoms with Crippen molar-refractivity contribution in [2.45, 2.75) is 38.6 Å². The number of benzene rings is 1. The molecule has 0 spiro atoms. The number of hydrogen-bond donors (Lipinski definition) is 1. The van der Waals surface area contributed by atoms with Crippen LogP contribution in [0.4, 0.5) is 0 Å². The summed E-state index contributed by atoms with van der Waals surface area (Å²) in [4.78, 5) is 12.1. The predicted molar refractivity (Wildman–Crippen MR) is 88.6 cm³/mol. The zero-order valence-corrected chi connectivity index (χ0v) is 13.4. The normalized spacial score (nSPS) is 28.0. The van der Waals surface area contributed by atoms with Gasteiger partial charge in [-0.05, 0) is 67.7 Å². The van der Waals surface area contributed by atoms with Gasteiger partial charge in [0, 0.05) is 12.1 Å². The summed E-state index contributed by atoms with van der Waals surface area (Å²) in [6.45, 7) is 2.16. The first-order valence-electron chi connectivity index (χ1n) is 8.28. The van der Waals surface area contributed by atoms with Gasteiger partial charge in [-0.2, -0.15) is 0 Å². The van der Waals surface area contributed by atoms with E-state index in [1.165, 1.54) is 25.7 Å². The monoisotopic (exact) mass is 299 g/mol. The second-order valence-corrected chi connectivity index (χ2v) is 6.74. The van der Waals surface area contributed by atoms with Gasteiger partial charge in [0.15, 0.2) is 0 Å². The van der Waals surface area contributed by atoms with Gasteiger partial charge >= 0.3 is 0 Å². The van der Waals surface area contributed by atoms with Gasteiger partial charge < -0.3 is 10.1 Å². The first kappa shape index (κ1) is 15.1. The van der Waals surface area contributed by atoms with Crippen molar-refractivity contribution in [3.8, 4) is 5.75 Å². The van der Waals surface area contributed by atoms with Gasteiger partial charge in [-0.15, -0.1) is 0 Å². The van der Waals surface area contributed by atoms with E-state index >= 15 is 0 Å². The maximum Gasteiger partial charge on any atom is 0.244 e. The van der Waals surface area contributed by atoms with Crippen molar-refractivity contribution in [3.05, 3.63) is 35.9 Å². The molecule has 0 saturated heterocycles. The van der Waals surface area contributed by atoms with Gasteiger partial charge in [-0.3, -0.25) is 4.79 Å². The topological polar surface area (TPSA) is 38.3 Å². The second kappa shape index (κ2) is 6.55. The van der Waals surface area contributed by atoms with E-state index in [0.29, 0.717) is 5.92 Å². The van der Waals surface area contributed by atoms with E-state index in [0.717, 1.165) is 23.1 Å². The molecule has 0 unspecified atom stereocenters. The third kappa shape index (κ3) is 3.34. The van der Waals surface area contributed by atoms with Crippen LogP contribution in [0.3, 0.4) is 0 Å². The first-order chi connectivity index (χ1) is 10.7.